The van der Waals surface area contributed by atoms with Gasteiger partial charge in [0, 0.05) is 10.7 Å². The van der Waals surface area contributed by atoms with Gasteiger partial charge in [-0.15, -0.1) is 11.6 Å². The van der Waals surface area contributed by atoms with Crippen molar-refractivity contribution in [1.82, 2.24) is 9.55 Å². The van der Waals surface area contributed by atoms with Crippen LogP contribution in [0.15, 0.2) is 42.5 Å². The predicted octanol–water partition coefficient (Wildman–Crippen LogP) is 4.04. The van der Waals surface area contributed by atoms with Gasteiger partial charge in [-0.25, -0.2) is 4.98 Å². The lowest BCUT2D eigenvalue weighted by molar-refractivity contribution is -0.136. The van der Waals surface area contributed by atoms with E-state index in [0.29, 0.717) is 10.8 Å². The Kier molecular flexibility index (Phi) is 4.05. The summed E-state index contributed by atoms with van der Waals surface area (Å²) in [6.07, 6.45) is 0.00290. The van der Waals surface area contributed by atoms with E-state index in [2.05, 4.69) is 4.98 Å². The maximum atomic E-state index is 10.7. The molecule has 0 aliphatic carbocycles. The molecule has 112 valence electrons. The van der Waals surface area contributed by atoms with Crippen molar-refractivity contribution in [2.75, 3.05) is 0 Å². The van der Waals surface area contributed by atoms with Gasteiger partial charge in [0.25, 0.3) is 0 Å². The fraction of sp³-hybridized carbons (Fsp3) is 0.125. The van der Waals surface area contributed by atoms with E-state index in [0.717, 1.165) is 22.3 Å². The molecule has 0 saturated carbocycles. The molecule has 0 aliphatic heterocycles. The Hall–Kier alpha value is -2.04. The Morgan fingerprint density at radius 2 is 1.91 bits per heavy atom. The summed E-state index contributed by atoms with van der Waals surface area (Å²) in [7, 11) is 0. The summed E-state index contributed by atoms with van der Waals surface area (Å²) in [6.45, 7) is 0. The van der Waals surface area contributed by atoms with E-state index in [9.17, 15) is 4.79 Å². The van der Waals surface area contributed by atoms with E-state index in [1.54, 1.807) is 24.3 Å². The first-order valence-corrected chi connectivity index (χ1v) is 7.53. The molecule has 0 aliphatic rings. The summed E-state index contributed by atoms with van der Waals surface area (Å²) in [6, 6.07) is 12.8. The lowest BCUT2D eigenvalue weighted by atomic mass is 10.1. The number of aromatic nitrogens is 2. The second-order valence-corrected chi connectivity index (χ2v) is 5.57. The molecule has 0 radical (unpaired) electrons. The SMILES string of the molecule is O=C(O)Cc1ccc(-n2c(CCl)nc3cc(Cl)ccc32)cc1. The molecule has 0 spiro atoms. The summed E-state index contributed by atoms with van der Waals surface area (Å²) in [5.41, 5.74) is 3.31. The summed E-state index contributed by atoms with van der Waals surface area (Å²) in [4.78, 5) is 15.2. The third-order valence-electron chi connectivity index (χ3n) is 3.36. The van der Waals surface area contributed by atoms with Gasteiger partial charge in [-0.05, 0) is 35.9 Å². The minimum atomic E-state index is -0.850. The third kappa shape index (κ3) is 2.80. The number of fused-ring (bicyclic) bond motifs is 1. The average molecular weight is 335 g/mol. The van der Waals surface area contributed by atoms with Crippen LogP contribution in [0.1, 0.15) is 11.4 Å². The minimum absolute atomic E-state index is 0.00290. The molecular formula is C16H12Cl2N2O2. The molecule has 22 heavy (non-hydrogen) atoms. The number of imidazole rings is 1. The lowest BCUT2D eigenvalue weighted by Crippen LogP contribution is -2.02. The molecule has 3 aromatic rings. The molecule has 6 heteroatoms. The Morgan fingerprint density at radius 1 is 1.18 bits per heavy atom. The zero-order valence-electron chi connectivity index (χ0n) is 11.5. The van der Waals surface area contributed by atoms with Crippen molar-refractivity contribution in [1.29, 1.82) is 0 Å². The standard InChI is InChI=1S/C16H12Cl2N2O2/c17-9-15-19-13-8-11(18)3-6-14(13)20(15)12-4-1-10(2-5-12)7-16(21)22/h1-6,8H,7,9H2,(H,21,22). The largest absolute Gasteiger partial charge is 0.481 e. The smallest absolute Gasteiger partial charge is 0.307 e. The van der Waals surface area contributed by atoms with Crippen molar-refractivity contribution in [3.63, 3.8) is 0 Å². The van der Waals surface area contributed by atoms with E-state index in [1.807, 2.05) is 22.8 Å². The van der Waals surface area contributed by atoms with Crippen molar-refractivity contribution in [3.05, 3.63) is 58.9 Å². The molecule has 3 rings (SSSR count). The Morgan fingerprint density at radius 3 is 2.55 bits per heavy atom. The number of halogens is 2. The van der Waals surface area contributed by atoms with Gasteiger partial charge in [-0.3, -0.25) is 9.36 Å². The number of aliphatic carboxylic acids is 1. The van der Waals surface area contributed by atoms with Gasteiger partial charge in [-0.2, -0.15) is 0 Å². The zero-order valence-corrected chi connectivity index (χ0v) is 13.0. The number of nitrogens with zero attached hydrogens (tertiary/aromatic N) is 2. The van der Waals surface area contributed by atoms with Crippen LogP contribution >= 0.6 is 23.2 Å². The van der Waals surface area contributed by atoms with Crippen molar-refractivity contribution in [2.45, 2.75) is 12.3 Å². The molecule has 4 nitrogen and oxygen atoms in total. The number of hydrogen-bond donors (Lipinski definition) is 1. The van der Waals surface area contributed by atoms with E-state index >= 15 is 0 Å². The van der Waals surface area contributed by atoms with Gasteiger partial charge in [0.1, 0.15) is 5.82 Å². The number of hydrogen-bond acceptors (Lipinski definition) is 2. The predicted molar refractivity (Wildman–Crippen MR) is 87.0 cm³/mol. The first kappa shape index (κ1) is 14.9. The molecule has 0 saturated heterocycles. The maximum Gasteiger partial charge on any atom is 0.307 e. The van der Waals surface area contributed by atoms with Crippen molar-refractivity contribution in [3.8, 4) is 5.69 Å². The van der Waals surface area contributed by atoms with Crippen LogP contribution in [0.2, 0.25) is 5.02 Å². The highest BCUT2D eigenvalue weighted by atomic mass is 35.5. The van der Waals surface area contributed by atoms with Crippen molar-refractivity contribution >= 4 is 40.2 Å². The number of rotatable bonds is 4. The number of benzene rings is 2. The normalized spacial score (nSPS) is 11.0. The second kappa shape index (κ2) is 5.99. The van der Waals surface area contributed by atoms with Gasteiger partial charge >= 0.3 is 5.97 Å². The van der Waals surface area contributed by atoms with Crippen molar-refractivity contribution < 1.29 is 9.90 Å². The van der Waals surface area contributed by atoms with Gasteiger partial charge in [0.2, 0.25) is 0 Å². The minimum Gasteiger partial charge on any atom is -0.481 e. The molecule has 0 unspecified atom stereocenters. The topological polar surface area (TPSA) is 55.1 Å². The van der Waals surface area contributed by atoms with Gasteiger partial charge in [-0.1, -0.05) is 23.7 Å². The summed E-state index contributed by atoms with van der Waals surface area (Å²) < 4.78 is 1.95. The molecule has 1 heterocycles. The molecule has 0 bridgehead atoms. The van der Waals surface area contributed by atoms with Crippen LogP contribution < -0.4 is 0 Å². The van der Waals surface area contributed by atoms with Crippen LogP contribution in [0, 0.1) is 0 Å². The van der Waals surface area contributed by atoms with Crippen LogP contribution in [0.3, 0.4) is 0 Å². The third-order valence-corrected chi connectivity index (χ3v) is 3.83. The second-order valence-electron chi connectivity index (χ2n) is 4.87. The number of carbonyl (C=O) groups is 1. The van der Waals surface area contributed by atoms with Crippen LogP contribution in [0.5, 0.6) is 0 Å². The van der Waals surface area contributed by atoms with E-state index in [1.165, 1.54) is 0 Å². The molecular weight excluding hydrogens is 323 g/mol. The molecule has 0 atom stereocenters. The van der Waals surface area contributed by atoms with Gasteiger partial charge in [0.15, 0.2) is 0 Å². The summed E-state index contributed by atoms with van der Waals surface area (Å²) >= 11 is 12.0. The average Bonchev–Trinajstić information content (AvgIpc) is 2.85. The maximum absolute atomic E-state index is 10.7. The first-order chi connectivity index (χ1) is 10.6. The van der Waals surface area contributed by atoms with Gasteiger partial charge < -0.3 is 5.11 Å². The van der Waals surface area contributed by atoms with Crippen LogP contribution in [-0.4, -0.2) is 20.6 Å². The quantitative estimate of drug-likeness (QED) is 0.732. The van der Waals surface area contributed by atoms with E-state index in [-0.39, 0.29) is 12.3 Å². The highest BCUT2D eigenvalue weighted by molar-refractivity contribution is 6.31. The van der Waals surface area contributed by atoms with Crippen LogP contribution in [0.25, 0.3) is 16.7 Å². The fourth-order valence-electron chi connectivity index (χ4n) is 2.42. The van der Waals surface area contributed by atoms with Crippen LogP contribution in [0.4, 0.5) is 0 Å². The number of carboxylic acid groups (broad SMARTS) is 1. The Balaban J connectivity index is 2.10. The molecule has 0 amide bonds. The first-order valence-electron chi connectivity index (χ1n) is 6.62. The highest BCUT2D eigenvalue weighted by Gasteiger charge is 2.12. The van der Waals surface area contributed by atoms with Crippen molar-refractivity contribution in [2.24, 2.45) is 0 Å². The Bertz CT molecular complexity index is 841. The van der Waals surface area contributed by atoms with Gasteiger partial charge in [0.05, 0.1) is 23.3 Å². The summed E-state index contributed by atoms with van der Waals surface area (Å²) in [5.74, 6) is 0.130. The van der Waals surface area contributed by atoms with Crippen LogP contribution in [-0.2, 0) is 17.1 Å². The molecule has 2 aromatic carbocycles. The fourth-order valence-corrected chi connectivity index (χ4v) is 2.76. The molecule has 0 fully saturated rings. The van der Waals surface area contributed by atoms with E-state index < -0.39 is 5.97 Å². The molecule has 1 aromatic heterocycles. The number of carboxylic acids is 1. The lowest BCUT2D eigenvalue weighted by Gasteiger charge is -2.08. The Labute approximate surface area is 136 Å². The van der Waals surface area contributed by atoms with E-state index in [4.69, 9.17) is 28.3 Å². The molecule has 1 N–H and O–H groups in total. The zero-order chi connectivity index (χ0) is 15.7. The highest BCUT2D eigenvalue weighted by Crippen LogP contribution is 2.25. The number of alkyl halides is 1. The summed E-state index contributed by atoms with van der Waals surface area (Å²) in [5, 5.41) is 9.44. The monoisotopic (exact) mass is 334 g/mol.